The summed E-state index contributed by atoms with van der Waals surface area (Å²) in [4.78, 5) is 25.8. The van der Waals surface area contributed by atoms with E-state index in [0.29, 0.717) is 24.7 Å². The molecule has 0 aromatic carbocycles. The number of cyclic esters (lactones) is 1. The summed E-state index contributed by atoms with van der Waals surface area (Å²) in [5.41, 5.74) is -2.86. The van der Waals surface area contributed by atoms with Gasteiger partial charge in [0.25, 0.3) is 0 Å². The largest absolute Gasteiger partial charge is 0.462 e. The number of hydrogen-bond donors (Lipinski definition) is 2. The number of aliphatic hydroxyl groups is 2. The first-order valence-electron chi connectivity index (χ1n) is 13.4. The molecule has 4 aliphatic carbocycles. The minimum absolute atomic E-state index is 0.0372. The number of epoxide rings is 1. The second-order valence-corrected chi connectivity index (χ2v) is 13.3. The lowest BCUT2D eigenvalue weighted by Crippen LogP contribution is -2.67. The molecule has 188 valence electrons. The van der Waals surface area contributed by atoms with Crippen LogP contribution in [-0.2, 0) is 19.1 Å². The van der Waals surface area contributed by atoms with Gasteiger partial charge < -0.3 is 19.7 Å². The Morgan fingerprint density at radius 3 is 2.53 bits per heavy atom. The molecule has 2 aliphatic heterocycles. The van der Waals surface area contributed by atoms with Gasteiger partial charge in [0.2, 0.25) is 0 Å². The van der Waals surface area contributed by atoms with E-state index in [9.17, 15) is 19.8 Å². The van der Waals surface area contributed by atoms with Crippen molar-refractivity contribution in [3.63, 3.8) is 0 Å². The molecule has 6 nitrogen and oxygen atoms in total. The molecule has 0 radical (unpaired) electrons. The van der Waals surface area contributed by atoms with Crippen LogP contribution in [-0.4, -0.2) is 51.5 Å². The molecule has 0 bridgehead atoms. The molecule has 34 heavy (non-hydrogen) atoms. The van der Waals surface area contributed by atoms with Gasteiger partial charge in [0.15, 0.2) is 5.78 Å². The maximum atomic E-state index is 13.3. The van der Waals surface area contributed by atoms with Crippen molar-refractivity contribution in [1.29, 1.82) is 0 Å². The minimum Gasteiger partial charge on any atom is -0.462 e. The highest BCUT2D eigenvalue weighted by Crippen LogP contribution is 2.71. The fourth-order valence-electron chi connectivity index (χ4n) is 9.57. The zero-order chi connectivity index (χ0) is 24.4. The lowest BCUT2D eigenvalue weighted by Gasteiger charge is -2.60. The Labute approximate surface area is 202 Å². The van der Waals surface area contributed by atoms with Crippen molar-refractivity contribution in [3.8, 4) is 0 Å². The lowest BCUT2D eigenvalue weighted by atomic mass is 9.43. The molecule has 5 fully saturated rings. The Hall–Kier alpha value is -1.24. The molecular formula is C28H40O6. The van der Waals surface area contributed by atoms with Gasteiger partial charge in [-0.3, -0.25) is 9.59 Å². The molecule has 6 aliphatic rings. The van der Waals surface area contributed by atoms with Gasteiger partial charge in [0, 0.05) is 6.42 Å². The predicted molar refractivity (Wildman–Crippen MR) is 124 cm³/mol. The highest BCUT2D eigenvalue weighted by atomic mass is 16.6. The molecule has 6 heteroatoms. The second kappa shape index (κ2) is 6.95. The standard InChI is InChI=1S/C28H40O6/c1-14(19-13-26(4,31)15(2)24(30)33-19)16-8-9-17-21-18(10-12-25(16,17)3)27(5)20(29)7-6-11-28(27,32)23-22(21)34-23/h6-7,14-19,21-23,31-32H,8-13H2,1-5H3/t14-,15-,16+,17-,18-,19+,21-,22-,23-,25+,26-,27-,28-/m0/s1. The van der Waals surface area contributed by atoms with Crippen LogP contribution < -0.4 is 0 Å². The molecule has 2 heterocycles. The van der Waals surface area contributed by atoms with Crippen molar-refractivity contribution in [2.75, 3.05) is 0 Å². The Bertz CT molecular complexity index is 957. The van der Waals surface area contributed by atoms with Crippen molar-refractivity contribution in [2.24, 2.45) is 46.3 Å². The van der Waals surface area contributed by atoms with E-state index in [1.165, 1.54) is 0 Å². The van der Waals surface area contributed by atoms with E-state index in [4.69, 9.17) is 9.47 Å². The Morgan fingerprint density at radius 2 is 1.82 bits per heavy atom. The molecule has 3 saturated carbocycles. The topological polar surface area (TPSA) is 96.4 Å². The van der Waals surface area contributed by atoms with Crippen molar-refractivity contribution >= 4 is 11.8 Å². The first-order valence-corrected chi connectivity index (χ1v) is 13.4. The van der Waals surface area contributed by atoms with Crippen molar-refractivity contribution in [3.05, 3.63) is 12.2 Å². The highest BCUT2D eigenvalue weighted by molar-refractivity contribution is 5.97. The van der Waals surface area contributed by atoms with Gasteiger partial charge in [-0.15, -0.1) is 0 Å². The summed E-state index contributed by atoms with van der Waals surface area (Å²) in [6, 6.07) is 0. The summed E-state index contributed by atoms with van der Waals surface area (Å²) in [7, 11) is 0. The molecule has 13 atom stereocenters. The third-order valence-corrected chi connectivity index (χ3v) is 12.0. The minimum atomic E-state index is -1.09. The van der Waals surface area contributed by atoms with E-state index in [1.807, 2.05) is 13.0 Å². The van der Waals surface area contributed by atoms with Crippen LogP contribution in [0, 0.1) is 46.3 Å². The van der Waals surface area contributed by atoms with Gasteiger partial charge >= 0.3 is 5.97 Å². The molecular weight excluding hydrogens is 432 g/mol. The summed E-state index contributed by atoms with van der Waals surface area (Å²) in [5.74, 6) is 0.613. The quantitative estimate of drug-likeness (QED) is 0.472. The average Bonchev–Trinajstić information content (AvgIpc) is 3.50. The lowest BCUT2D eigenvalue weighted by molar-refractivity contribution is -0.192. The normalized spacial score (nSPS) is 58.8. The molecule has 0 aromatic heterocycles. The fraction of sp³-hybridized carbons (Fsp3) is 0.857. The van der Waals surface area contributed by atoms with E-state index in [2.05, 4.69) is 13.8 Å². The third kappa shape index (κ3) is 2.68. The summed E-state index contributed by atoms with van der Waals surface area (Å²) in [6.07, 6.45) is 8.03. The van der Waals surface area contributed by atoms with Crippen molar-refractivity contribution in [2.45, 2.75) is 103 Å². The zero-order valence-corrected chi connectivity index (χ0v) is 21.1. The van der Waals surface area contributed by atoms with E-state index >= 15 is 0 Å². The first kappa shape index (κ1) is 23.2. The number of carbonyl (C=O) groups is 2. The van der Waals surface area contributed by atoms with Crippen molar-refractivity contribution < 1.29 is 29.3 Å². The summed E-state index contributed by atoms with van der Waals surface area (Å²) < 4.78 is 12.1. The van der Waals surface area contributed by atoms with Gasteiger partial charge in [0.05, 0.1) is 23.0 Å². The zero-order valence-electron chi connectivity index (χ0n) is 21.1. The SMILES string of the molecule is C[C@@H]([C@H]1CC[C@H]2[C@@H]3[C@@H]4O[C@@H]4[C@@]4(O)CC=CC(=O)[C@]4(C)[C@H]3CC[C@]12C)[C@H]1C[C@](C)(O)[C@@H](C)C(=O)O1. The van der Waals surface area contributed by atoms with Crippen LogP contribution in [0.1, 0.15) is 73.1 Å². The molecule has 0 amide bonds. The number of rotatable bonds is 2. The van der Waals surface area contributed by atoms with Crippen LogP contribution in [0.5, 0.6) is 0 Å². The van der Waals surface area contributed by atoms with Gasteiger partial charge in [-0.1, -0.05) is 19.9 Å². The number of allylic oxidation sites excluding steroid dienone is 1. The summed E-state index contributed by atoms with van der Waals surface area (Å²) in [5, 5.41) is 22.6. The molecule has 2 N–H and O–H groups in total. The van der Waals surface area contributed by atoms with Gasteiger partial charge in [-0.25, -0.2) is 0 Å². The summed E-state index contributed by atoms with van der Waals surface area (Å²) in [6.45, 7) is 10.1. The first-order chi connectivity index (χ1) is 15.9. The maximum absolute atomic E-state index is 13.3. The maximum Gasteiger partial charge on any atom is 0.311 e. The number of carbonyl (C=O) groups excluding carboxylic acids is 2. The van der Waals surface area contributed by atoms with Crippen LogP contribution in [0.15, 0.2) is 12.2 Å². The number of esters is 1. The van der Waals surface area contributed by atoms with Gasteiger partial charge in [-0.2, -0.15) is 0 Å². The van der Waals surface area contributed by atoms with Crippen LogP contribution in [0.4, 0.5) is 0 Å². The smallest absolute Gasteiger partial charge is 0.311 e. The molecule has 2 saturated heterocycles. The average molecular weight is 473 g/mol. The van der Waals surface area contributed by atoms with E-state index in [-0.39, 0.29) is 53.2 Å². The van der Waals surface area contributed by atoms with E-state index in [1.54, 1.807) is 19.9 Å². The Kier molecular flexibility index (Phi) is 4.74. The van der Waals surface area contributed by atoms with Crippen molar-refractivity contribution in [1.82, 2.24) is 0 Å². The number of ketones is 1. The summed E-state index contributed by atoms with van der Waals surface area (Å²) >= 11 is 0. The van der Waals surface area contributed by atoms with E-state index in [0.717, 1.165) is 25.7 Å². The number of fused-ring (bicyclic) bond motifs is 8. The van der Waals surface area contributed by atoms with Crippen LogP contribution in [0.2, 0.25) is 0 Å². The van der Waals surface area contributed by atoms with Crippen LogP contribution in [0.25, 0.3) is 0 Å². The highest BCUT2D eigenvalue weighted by Gasteiger charge is 2.77. The van der Waals surface area contributed by atoms with Crippen LogP contribution in [0.3, 0.4) is 0 Å². The van der Waals surface area contributed by atoms with Gasteiger partial charge in [0.1, 0.15) is 17.8 Å². The number of ether oxygens (including phenoxy) is 2. The number of hydrogen-bond acceptors (Lipinski definition) is 6. The monoisotopic (exact) mass is 472 g/mol. The molecule has 0 aromatic rings. The predicted octanol–water partition coefficient (Wildman–Crippen LogP) is 3.43. The van der Waals surface area contributed by atoms with Gasteiger partial charge in [-0.05, 0) is 94.0 Å². The Morgan fingerprint density at radius 1 is 1.09 bits per heavy atom. The van der Waals surface area contributed by atoms with E-state index < -0.39 is 22.5 Å². The molecule has 6 rings (SSSR count). The molecule has 0 spiro atoms. The second-order valence-electron chi connectivity index (χ2n) is 13.3. The fourth-order valence-corrected chi connectivity index (χ4v) is 9.57. The van der Waals surface area contributed by atoms with Crippen LogP contribution >= 0.6 is 0 Å². The molecule has 0 unspecified atom stereocenters. The third-order valence-electron chi connectivity index (χ3n) is 12.0. The Balaban J connectivity index is 1.29.